The zero-order valence-corrected chi connectivity index (χ0v) is 15.0. The van der Waals surface area contributed by atoms with Crippen LogP contribution in [0.4, 0.5) is 20.2 Å². The molecule has 4 heteroatoms. The highest BCUT2D eigenvalue weighted by Gasteiger charge is 2.30. The molecule has 3 rings (SSSR count). The van der Waals surface area contributed by atoms with Crippen LogP contribution in [0.25, 0.3) is 5.57 Å². The van der Waals surface area contributed by atoms with Gasteiger partial charge in [0.1, 0.15) is 11.6 Å². The molecule has 0 radical (unpaired) electrons. The van der Waals surface area contributed by atoms with Crippen molar-refractivity contribution in [2.45, 2.75) is 33.2 Å². The molecule has 0 unspecified atom stereocenters. The van der Waals surface area contributed by atoms with Crippen LogP contribution < -0.4 is 4.90 Å². The molecule has 1 heterocycles. The highest BCUT2D eigenvalue weighted by atomic mass is 19.1. The number of aliphatic imine (C=N–C) groups is 1. The fourth-order valence-corrected chi connectivity index (χ4v) is 3.46. The topological polar surface area (TPSA) is 15.6 Å². The fourth-order valence-electron chi connectivity index (χ4n) is 3.46. The highest BCUT2D eigenvalue weighted by molar-refractivity contribution is 5.89. The van der Waals surface area contributed by atoms with Crippen molar-refractivity contribution in [1.29, 1.82) is 0 Å². The molecule has 0 aliphatic carbocycles. The van der Waals surface area contributed by atoms with Gasteiger partial charge in [-0.05, 0) is 69.7 Å². The maximum absolute atomic E-state index is 14.6. The molecule has 0 spiro atoms. The summed E-state index contributed by atoms with van der Waals surface area (Å²) < 4.78 is 27.6. The van der Waals surface area contributed by atoms with Gasteiger partial charge in [0.05, 0.1) is 11.2 Å². The SMILES string of the molecule is CCN1c2cc(F)c(C=Nc3ccc(F)cc3)cc2C(C)=CC1(C)C. The summed E-state index contributed by atoms with van der Waals surface area (Å²) in [4.78, 5) is 6.45. The first-order valence-electron chi connectivity index (χ1n) is 8.42. The van der Waals surface area contributed by atoms with Gasteiger partial charge in [0, 0.05) is 29.6 Å². The standard InChI is InChI=1S/C21H22F2N2/c1-5-25-20-11-19(23)15(10-18(20)14(2)12-21(25,3)4)13-24-17-8-6-16(22)7-9-17/h6-13H,5H2,1-4H3. The minimum absolute atomic E-state index is 0.151. The Morgan fingerprint density at radius 1 is 1.12 bits per heavy atom. The van der Waals surface area contributed by atoms with Crippen LogP contribution in [-0.4, -0.2) is 18.3 Å². The van der Waals surface area contributed by atoms with Gasteiger partial charge in [-0.15, -0.1) is 0 Å². The maximum atomic E-state index is 14.6. The maximum Gasteiger partial charge on any atom is 0.134 e. The predicted molar refractivity (Wildman–Crippen MR) is 101 cm³/mol. The number of nitrogens with zero attached hydrogens (tertiary/aromatic N) is 2. The molecule has 25 heavy (non-hydrogen) atoms. The normalized spacial score (nSPS) is 16.1. The number of allylic oxidation sites excluding steroid dienone is 1. The number of hydrogen-bond donors (Lipinski definition) is 0. The van der Waals surface area contributed by atoms with E-state index in [0.29, 0.717) is 11.3 Å². The van der Waals surface area contributed by atoms with E-state index in [0.717, 1.165) is 23.4 Å². The minimum Gasteiger partial charge on any atom is -0.363 e. The fraction of sp³-hybridized carbons (Fsp3) is 0.286. The highest BCUT2D eigenvalue weighted by Crippen LogP contribution is 2.39. The van der Waals surface area contributed by atoms with Gasteiger partial charge >= 0.3 is 0 Å². The van der Waals surface area contributed by atoms with Gasteiger partial charge in [-0.25, -0.2) is 8.78 Å². The molecule has 2 aromatic carbocycles. The smallest absolute Gasteiger partial charge is 0.134 e. The van der Waals surface area contributed by atoms with Crippen LogP contribution in [0.3, 0.4) is 0 Å². The number of fused-ring (bicyclic) bond motifs is 1. The molecule has 0 fully saturated rings. The molecule has 1 aliphatic rings. The number of halogens is 2. The van der Waals surface area contributed by atoms with Crippen molar-refractivity contribution >= 4 is 23.2 Å². The Hall–Kier alpha value is -2.49. The monoisotopic (exact) mass is 340 g/mol. The molecule has 0 N–H and O–H groups in total. The molecule has 0 bridgehead atoms. The third kappa shape index (κ3) is 3.34. The Labute approximate surface area is 147 Å². The number of likely N-dealkylation sites (N-methyl/N-ethyl adjacent to an activating group) is 1. The zero-order chi connectivity index (χ0) is 18.2. The van der Waals surface area contributed by atoms with Gasteiger partial charge in [-0.1, -0.05) is 6.08 Å². The molecule has 0 saturated carbocycles. The number of anilines is 1. The van der Waals surface area contributed by atoms with Gasteiger partial charge in [0.15, 0.2) is 0 Å². The average Bonchev–Trinajstić information content (AvgIpc) is 2.54. The van der Waals surface area contributed by atoms with Crippen molar-refractivity contribution in [3.05, 3.63) is 65.2 Å². The van der Waals surface area contributed by atoms with Crippen molar-refractivity contribution in [1.82, 2.24) is 0 Å². The summed E-state index contributed by atoms with van der Waals surface area (Å²) >= 11 is 0. The Balaban J connectivity index is 2.02. The summed E-state index contributed by atoms with van der Waals surface area (Å²) in [5.41, 5.74) is 3.91. The first-order valence-corrected chi connectivity index (χ1v) is 8.42. The summed E-state index contributed by atoms with van der Waals surface area (Å²) in [5.74, 6) is -0.629. The summed E-state index contributed by atoms with van der Waals surface area (Å²) in [6.07, 6.45) is 3.70. The van der Waals surface area contributed by atoms with E-state index in [2.05, 4.69) is 36.7 Å². The van der Waals surface area contributed by atoms with Crippen molar-refractivity contribution in [2.75, 3.05) is 11.4 Å². The second kappa shape index (κ2) is 6.43. The van der Waals surface area contributed by atoms with Crippen LogP contribution in [-0.2, 0) is 0 Å². The van der Waals surface area contributed by atoms with E-state index < -0.39 is 0 Å². The Kier molecular flexibility index (Phi) is 4.46. The van der Waals surface area contributed by atoms with Crippen molar-refractivity contribution in [3.8, 4) is 0 Å². The lowest BCUT2D eigenvalue weighted by Gasteiger charge is -2.42. The largest absolute Gasteiger partial charge is 0.363 e. The third-order valence-corrected chi connectivity index (χ3v) is 4.59. The second-order valence-corrected chi connectivity index (χ2v) is 6.85. The van der Waals surface area contributed by atoms with Gasteiger partial charge in [0.2, 0.25) is 0 Å². The number of benzene rings is 2. The third-order valence-electron chi connectivity index (χ3n) is 4.59. The van der Waals surface area contributed by atoms with E-state index in [9.17, 15) is 8.78 Å². The van der Waals surface area contributed by atoms with Crippen molar-refractivity contribution in [3.63, 3.8) is 0 Å². The molecule has 2 nitrogen and oxygen atoms in total. The first-order chi connectivity index (χ1) is 11.8. The van der Waals surface area contributed by atoms with E-state index in [1.54, 1.807) is 18.2 Å². The van der Waals surface area contributed by atoms with Gasteiger partial charge < -0.3 is 4.90 Å². The summed E-state index contributed by atoms with van der Waals surface area (Å²) in [6, 6.07) is 9.22. The van der Waals surface area contributed by atoms with E-state index in [-0.39, 0.29) is 17.2 Å². The van der Waals surface area contributed by atoms with Crippen LogP contribution in [0.15, 0.2) is 47.5 Å². The molecular weight excluding hydrogens is 318 g/mol. The summed E-state index contributed by atoms with van der Waals surface area (Å²) in [7, 11) is 0. The van der Waals surface area contributed by atoms with Gasteiger partial charge in [-0.2, -0.15) is 0 Å². The van der Waals surface area contributed by atoms with E-state index in [1.165, 1.54) is 18.3 Å². The minimum atomic E-state index is -0.318. The Morgan fingerprint density at radius 2 is 1.80 bits per heavy atom. The second-order valence-electron chi connectivity index (χ2n) is 6.85. The van der Waals surface area contributed by atoms with Crippen molar-refractivity contribution in [2.24, 2.45) is 4.99 Å². The first kappa shape index (κ1) is 17.3. The van der Waals surface area contributed by atoms with Gasteiger partial charge in [0.25, 0.3) is 0 Å². The number of hydrogen-bond acceptors (Lipinski definition) is 2. The molecule has 2 aromatic rings. The van der Waals surface area contributed by atoms with Crippen LogP contribution in [0, 0.1) is 11.6 Å². The lowest BCUT2D eigenvalue weighted by molar-refractivity contribution is 0.561. The molecule has 1 aliphatic heterocycles. The van der Waals surface area contributed by atoms with E-state index in [4.69, 9.17) is 0 Å². The molecular formula is C21H22F2N2. The van der Waals surface area contributed by atoms with Crippen LogP contribution in [0.1, 0.15) is 38.8 Å². The lowest BCUT2D eigenvalue weighted by atomic mass is 9.88. The quantitative estimate of drug-likeness (QED) is 0.651. The van der Waals surface area contributed by atoms with Crippen LogP contribution in [0.2, 0.25) is 0 Å². The molecule has 0 atom stereocenters. The Morgan fingerprint density at radius 3 is 2.44 bits per heavy atom. The molecule has 0 amide bonds. The number of rotatable bonds is 3. The molecule has 0 saturated heterocycles. The summed E-state index contributed by atoms with van der Waals surface area (Å²) in [6.45, 7) is 9.18. The zero-order valence-electron chi connectivity index (χ0n) is 15.0. The van der Waals surface area contributed by atoms with E-state index in [1.807, 2.05) is 13.0 Å². The van der Waals surface area contributed by atoms with Gasteiger partial charge in [-0.3, -0.25) is 4.99 Å². The lowest BCUT2D eigenvalue weighted by Crippen LogP contribution is -2.45. The van der Waals surface area contributed by atoms with E-state index >= 15 is 0 Å². The predicted octanol–water partition coefficient (Wildman–Crippen LogP) is 5.74. The molecule has 0 aromatic heterocycles. The van der Waals surface area contributed by atoms with Crippen LogP contribution >= 0.6 is 0 Å². The van der Waals surface area contributed by atoms with Crippen molar-refractivity contribution < 1.29 is 8.78 Å². The summed E-state index contributed by atoms with van der Waals surface area (Å²) in [5, 5.41) is 0. The Bertz CT molecular complexity index is 849. The average molecular weight is 340 g/mol. The van der Waals surface area contributed by atoms with Crippen LogP contribution in [0.5, 0.6) is 0 Å². The molecule has 130 valence electrons.